The molecule has 0 spiro atoms. The van der Waals surface area contributed by atoms with Crippen molar-refractivity contribution in [2.45, 2.75) is 19.3 Å². The van der Waals surface area contributed by atoms with E-state index in [1.54, 1.807) is 0 Å². The van der Waals surface area contributed by atoms with E-state index in [2.05, 4.69) is 9.47 Å². The summed E-state index contributed by atoms with van der Waals surface area (Å²) in [5.74, 6) is -0.147. The highest BCUT2D eigenvalue weighted by Gasteiger charge is 2.29. The van der Waals surface area contributed by atoms with E-state index in [4.69, 9.17) is 0 Å². The minimum absolute atomic E-state index is 0.0586. The first-order chi connectivity index (χ1) is 8.57. The van der Waals surface area contributed by atoms with E-state index in [9.17, 15) is 26.3 Å². The number of alkyl halides is 6. The van der Waals surface area contributed by atoms with E-state index in [0.29, 0.717) is 0 Å². The van der Waals surface area contributed by atoms with Gasteiger partial charge in [-0.05, 0) is 30.7 Å². The lowest BCUT2D eigenvalue weighted by atomic mass is 10.2. The number of hydrogen-bond acceptors (Lipinski definition) is 2. The molecule has 0 radical (unpaired) electrons. The zero-order valence-corrected chi connectivity index (χ0v) is 9.73. The molecule has 0 unspecified atom stereocenters. The van der Waals surface area contributed by atoms with Crippen LogP contribution in [-0.4, -0.2) is 25.6 Å². The third kappa shape index (κ3) is 6.21. The Morgan fingerprint density at radius 3 is 1.89 bits per heavy atom. The van der Waals surface area contributed by atoms with Crippen molar-refractivity contribution in [1.82, 2.24) is 0 Å². The van der Waals surface area contributed by atoms with Gasteiger partial charge in [0.2, 0.25) is 0 Å². The van der Waals surface area contributed by atoms with Crippen LogP contribution in [0.4, 0.5) is 26.3 Å². The molecule has 0 amide bonds. The van der Waals surface area contributed by atoms with Gasteiger partial charge in [0.15, 0.2) is 13.2 Å². The van der Waals surface area contributed by atoms with Crippen molar-refractivity contribution in [3.05, 3.63) is 23.8 Å². The second-order valence-corrected chi connectivity index (χ2v) is 3.74. The molecule has 1 aromatic carbocycles. The summed E-state index contributed by atoms with van der Waals surface area (Å²) in [6, 6.07) is 3.43. The van der Waals surface area contributed by atoms with Crippen molar-refractivity contribution in [3.63, 3.8) is 0 Å². The molecule has 1 aromatic rings. The van der Waals surface area contributed by atoms with Crippen molar-refractivity contribution in [3.8, 4) is 11.5 Å². The predicted molar refractivity (Wildman–Crippen MR) is 54.3 cm³/mol. The maximum Gasteiger partial charge on any atom is 0.422 e. The Kier molecular flexibility index (Phi) is 4.54. The summed E-state index contributed by atoms with van der Waals surface area (Å²) in [6.07, 6.45) is -8.95. The highest BCUT2D eigenvalue weighted by Crippen LogP contribution is 2.26. The van der Waals surface area contributed by atoms with E-state index in [0.717, 1.165) is 12.1 Å². The molecule has 8 heteroatoms. The van der Waals surface area contributed by atoms with Gasteiger partial charge >= 0.3 is 12.4 Å². The maximum atomic E-state index is 11.9. The van der Waals surface area contributed by atoms with Gasteiger partial charge < -0.3 is 9.47 Å². The topological polar surface area (TPSA) is 18.5 Å². The van der Waals surface area contributed by atoms with Crippen LogP contribution in [0.15, 0.2) is 18.2 Å². The van der Waals surface area contributed by atoms with Crippen molar-refractivity contribution in [1.29, 1.82) is 0 Å². The van der Waals surface area contributed by atoms with Crippen LogP contribution >= 0.6 is 0 Å². The Labute approximate surface area is 104 Å². The van der Waals surface area contributed by atoms with E-state index in [1.807, 2.05) is 0 Å². The van der Waals surface area contributed by atoms with Crippen LogP contribution in [0.25, 0.3) is 0 Å². The highest BCUT2D eigenvalue weighted by atomic mass is 19.4. The van der Waals surface area contributed by atoms with Gasteiger partial charge in [-0.25, -0.2) is 0 Å². The van der Waals surface area contributed by atoms with Crippen LogP contribution < -0.4 is 9.47 Å². The number of aryl methyl sites for hydroxylation is 1. The average molecular weight is 288 g/mol. The Balaban J connectivity index is 2.64. The third-order valence-corrected chi connectivity index (χ3v) is 1.94. The molecular weight excluding hydrogens is 278 g/mol. The van der Waals surface area contributed by atoms with Crippen molar-refractivity contribution < 1.29 is 35.8 Å². The highest BCUT2D eigenvalue weighted by molar-refractivity contribution is 5.39. The predicted octanol–water partition coefficient (Wildman–Crippen LogP) is 3.88. The van der Waals surface area contributed by atoms with Gasteiger partial charge in [-0.2, -0.15) is 26.3 Å². The summed E-state index contributed by atoms with van der Waals surface area (Å²) in [5, 5.41) is 0. The second kappa shape index (κ2) is 5.58. The van der Waals surface area contributed by atoms with E-state index < -0.39 is 25.6 Å². The fourth-order valence-corrected chi connectivity index (χ4v) is 1.20. The van der Waals surface area contributed by atoms with Gasteiger partial charge in [0, 0.05) is 0 Å². The van der Waals surface area contributed by atoms with Crippen LogP contribution in [-0.2, 0) is 0 Å². The number of ether oxygens (including phenoxy) is 2. The number of hydrogen-bond donors (Lipinski definition) is 0. The van der Waals surface area contributed by atoms with Crippen LogP contribution in [0.1, 0.15) is 5.56 Å². The van der Waals surface area contributed by atoms with E-state index in [-0.39, 0.29) is 17.1 Å². The zero-order valence-electron chi connectivity index (χ0n) is 9.73. The number of halogens is 6. The molecule has 0 aliphatic carbocycles. The molecular formula is C11H10F6O2. The smallest absolute Gasteiger partial charge is 0.422 e. The summed E-state index contributed by atoms with van der Waals surface area (Å²) < 4.78 is 80.4. The Bertz CT molecular complexity index is 424. The number of rotatable bonds is 4. The summed E-state index contributed by atoms with van der Waals surface area (Å²) in [6.45, 7) is -1.52. The molecule has 0 atom stereocenters. The summed E-state index contributed by atoms with van der Waals surface area (Å²) >= 11 is 0. The molecule has 0 bridgehead atoms. The van der Waals surface area contributed by atoms with Crippen LogP contribution in [0.5, 0.6) is 11.5 Å². The molecule has 108 valence electrons. The lowest BCUT2D eigenvalue weighted by molar-refractivity contribution is -0.154. The van der Waals surface area contributed by atoms with Gasteiger partial charge in [0.05, 0.1) is 0 Å². The zero-order chi connectivity index (χ0) is 14.7. The standard InChI is InChI=1S/C11H10F6O2/c1-7-4-8(18-5-10(12,13)14)2-3-9(7)19-6-11(15,16)17/h2-4H,5-6H2,1H3. The minimum atomic E-state index is -4.47. The average Bonchev–Trinajstić information content (AvgIpc) is 2.22. The normalized spacial score (nSPS) is 12.4. The lowest BCUT2D eigenvalue weighted by Gasteiger charge is -2.13. The fourth-order valence-electron chi connectivity index (χ4n) is 1.20. The lowest BCUT2D eigenvalue weighted by Crippen LogP contribution is -2.20. The quantitative estimate of drug-likeness (QED) is 0.783. The summed E-state index contributed by atoms with van der Waals surface area (Å²) in [4.78, 5) is 0. The van der Waals surface area contributed by atoms with Gasteiger partial charge in [-0.3, -0.25) is 0 Å². The Hall–Kier alpha value is -1.60. The molecule has 2 nitrogen and oxygen atoms in total. The summed E-state index contributed by atoms with van der Waals surface area (Å²) in [5.41, 5.74) is 0.254. The molecule has 0 fully saturated rings. The SMILES string of the molecule is Cc1cc(OCC(F)(F)F)ccc1OCC(F)(F)F. The Morgan fingerprint density at radius 2 is 1.42 bits per heavy atom. The van der Waals surface area contributed by atoms with Gasteiger partial charge in [-0.15, -0.1) is 0 Å². The van der Waals surface area contributed by atoms with Crippen molar-refractivity contribution in [2.24, 2.45) is 0 Å². The molecule has 0 saturated heterocycles. The largest absolute Gasteiger partial charge is 0.484 e. The molecule has 0 N–H and O–H groups in total. The molecule has 0 heterocycles. The first-order valence-electron chi connectivity index (χ1n) is 5.06. The fraction of sp³-hybridized carbons (Fsp3) is 0.455. The van der Waals surface area contributed by atoms with Crippen molar-refractivity contribution in [2.75, 3.05) is 13.2 Å². The van der Waals surface area contributed by atoms with Crippen LogP contribution in [0.3, 0.4) is 0 Å². The molecule has 1 rings (SSSR count). The van der Waals surface area contributed by atoms with Gasteiger partial charge in [0.1, 0.15) is 11.5 Å². The molecule has 0 saturated carbocycles. The van der Waals surface area contributed by atoms with Gasteiger partial charge in [-0.1, -0.05) is 0 Å². The van der Waals surface area contributed by atoms with Gasteiger partial charge in [0.25, 0.3) is 0 Å². The molecule has 0 aliphatic rings. The molecule has 0 aliphatic heterocycles. The third-order valence-electron chi connectivity index (χ3n) is 1.94. The monoisotopic (exact) mass is 288 g/mol. The molecule has 19 heavy (non-hydrogen) atoms. The van der Waals surface area contributed by atoms with E-state index in [1.165, 1.54) is 13.0 Å². The molecule has 0 aromatic heterocycles. The van der Waals surface area contributed by atoms with Crippen LogP contribution in [0.2, 0.25) is 0 Å². The van der Waals surface area contributed by atoms with E-state index >= 15 is 0 Å². The first-order valence-corrected chi connectivity index (χ1v) is 5.06. The van der Waals surface area contributed by atoms with Crippen molar-refractivity contribution >= 4 is 0 Å². The second-order valence-electron chi connectivity index (χ2n) is 3.74. The summed E-state index contributed by atoms with van der Waals surface area (Å²) in [7, 11) is 0. The number of benzene rings is 1. The maximum absolute atomic E-state index is 11.9. The van der Waals surface area contributed by atoms with Crippen LogP contribution in [0, 0.1) is 6.92 Å². The Morgan fingerprint density at radius 1 is 0.895 bits per heavy atom. The minimum Gasteiger partial charge on any atom is -0.484 e. The first kappa shape index (κ1) is 15.5.